The lowest BCUT2D eigenvalue weighted by atomic mass is 10.3. The van der Waals surface area contributed by atoms with E-state index in [0.717, 1.165) is 11.5 Å². The summed E-state index contributed by atoms with van der Waals surface area (Å²) in [5.74, 6) is 1.87. The number of hydrogen-bond donors (Lipinski definition) is 4. The van der Waals surface area contributed by atoms with Gasteiger partial charge in [-0.15, -0.1) is 0 Å². The van der Waals surface area contributed by atoms with Crippen molar-refractivity contribution in [2.75, 3.05) is 37.8 Å². The predicted octanol–water partition coefficient (Wildman–Crippen LogP) is 1.21. The van der Waals surface area contributed by atoms with E-state index in [9.17, 15) is 0 Å². The third-order valence-electron chi connectivity index (χ3n) is 3.08. The molecule has 0 aliphatic carbocycles. The smallest absolute Gasteiger partial charge is 0.188 e. The minimum atomic E-state index is 0.358. The monoisotopic (exact) mass is 329 g/mol. The fraction of sp³-hybridized carbons (Fsp3) is 0.235. The van der Waals surface area contributed by atoms with Crippen LogP contribution in [0.5, 0.6) is 11.5 Å². The Bertz CT molecular complexity index is 641. The maximum atomic E-state index is 5.77. The molecular weight excluding hydrogens is 306 g/mol. The molecule has 24 heavy (non-hydrogen) atoms. The highest BCUT2D eigenvalue weighted by molar-refractivity contribution is 5.77. The summed E-state index contributed by atoms with van der Waals surface area (Å²) in [6.45, 7) is 1.93. The van der Waals surface area contributed by atoms with E-state index in [1.54, 1.807) is 24.3 Å². The van der Waals surface area contributed by atoms with Crippen LogP contribution in [0, 0.1) is 0 Å². The summed E-state index contributed by atoms with van der Waals surface area (Å²) in [5.41, 5.74) is 18.4. The van der Waals surface area contributed by atoms with E-state index in [1.165, 1.54) is 0 Å². The number of nitrogens with one attached hydrogen (secondary N) is 1. The van der Waals surface area contributed by atoms with Crippen LogP contribution in [0.2, 0.25) is 0 Å². The van der Waals surface area contributed by atoms with Crippen molar-refractivity contribution in [3.8, 4) is 11.5 Å². The van der Waals surface area contributed by atoms with Crippen molar-refractivity contribution < 1.29 is 9.47 Å². The Morgan fingerprint density at radius 2 is 1.33 bits per heavy atom. The molecule has 0 aliphatic rings. The number of guanidine groups is 1. The van der Waals surface area contributed by atoms with Gasteiger partial charge in [-0.25, -0.2) is 4.99 Å². The van der Waals surface area contributed by atoms with E-state index in [-0.39, 0.29) is 0 Å². The van der Waals surface area contributed by atoms with Crippen molar-refractivity contribution >= 4 is 17.3 Å². The number of nitrogens with zero attached hydrogens (tertiary/aromatic N) is 1. The van der Waals surface area contributed by atoms with Crippen LogP contribution >= 0.6 is 0 Å². The molecule has 2 rings (SSSR count). The highest BCUT2D eigenvalue weighted by Crippen LogP contribution is 2.13. The molecule has 0 saturated carbocycles. The van der Waals surface area contributed by atoms with Crippen molar-refractivity contribution in [1.82, 2.24) is 5.32 Å². The van der Waals surface area contributed by atoms with Crippen LogP contribution < -0.4 is 32.0 Å². The molecule has 0 amide bonds. The first-order valence-corrected chi connectivity index (χ1v) is 7.64. The van der Waals surface area contributed by atoms with E-state index >= 15 is 0 Å². The van der Waals surface area contributed by atoms with Crippen molar-refractivity contribution in [1.29, 1.82) is 0 Å². The van der Waals surface area contributed by atoms with E-state index in [4.69, 9.17) is 26.7 Å². The largest absolute Gasteiger partial charge is 0.492 e. The second-order valence-corrected chi connectivity index (χ2v) is 5.03. The van der Waals surface area contributed by atoms with Gasteiger partial charge >= 0.3 is 0 Å². The summed E-state index contributed by atoms with van der Waals surface area (Å²) in [7, 11) is 0. The van der Waals surface area contributed by atoms with Gasteiger partial charge < -0.3 is 32.0 Å². The number of benzene rings is 2. The molecule has 0 heterocycles. The summed E-state index contributed by atoms with van der Waals surface area (Å²) >= 11 is 0. The van der Waals surface area contributed by atoms with Crippen LogP contribution in [0.3, 0.4) is 0 Å². The van der Waals surface area contributed by atoms with Gasteiger partial charge in [0.05, 0.1) is 13.1 Å². The minimum Gasteiger partial charge on any atom is -0.492 e. The molecule has 0 unspecified atom stereocenters. The van der Waals surface area contributed by atoms with Crippen LogP contribution in [0.4, 0.5) is 11.4 Å². The van der Waals surface area contributed by atoms with Gasteiger partial charge in [-0.1, -0.05) is 0 Å². The van der Waals surface area contributed by atoms with Crippen LogP contribution in [-0.2, 0) is 0 Å². The second-order valence-electron chi connectivity index (χ2n) is 5.03. The van der Waals surface area contributed by atoms with Crippen molar-refractivity contribution in [2.45, 2.75) is 0 Å². The van der Waals surface area contributed by atoms with E-state index < -0.39 is 0 Å². The van der Waals surface area contributed by atoms with Crippen LogP contribution in [0.1, 0.15) is 0 Å². The van der Waals surface area contributed by atoms with Gasteiger partial charge in [-0.2, -0.15) is 0 Å². The first-order chi connectivity index (χ1) is 11.6. The van der Waals surface area contributed by atoms with Crippen molar-refractivity contribution in [2.24, 2.45) is 10.7 Å². The zero-order valence-corrected chi connectivity index (χ0v) is 13.4. The average molecular weight is 329 g/mol. The molecule has 7 N–H and O–H groups in total. The first-order valence-electron chi connectivity index (χ1n) is 7.64. The lowest BCUT2D eigenvalue weighted by molar-refractivity contribution is 0.321. The van der Waals surface area contributed by atoms with Gasteiger partial charge in [0.2, 0.25) is 0 Å². The summed E-state index contributed by atoms with van der Waals surface area (Å²) in [4.78, 5) is 4.17. The maximum Gasteiger partial charge on any atom is 0.188 e. The summed E-state index contributed by atoms with van der Waals surface area (Å²) in [6, 6.07) is 14.4. The summed E-state index contributed by atoms with van der Waals surface area (Å²) in [5, 5.41) is 2.98. The van der Waals surface area contributed by atoms with E-state index in [0.29, 0.717) is 43.6 Å². The molecule has 0 aliphatic heterocycles. The SMILES string of the molecule is NC(=NCCOc1ccc(N)cc1)NCCOc1ccc(N)cc1. The number of nitrogen functional groups attached to an aromatic ring is 2. The lowest BCUT2D eigenvalue weighted by Crippen LogP contribution is -2.35. The first kappa shape index (κ1) is 17.3. The normalized spacial score (nSPS) is 11.1. The number of anilines is 2. The molecule has 7 heteroatoms. The fourth-order valence-corrected chi connectivity index (χ4v) is 1.86. The molecule has 0 bridgehead atoms. The molecule has 0 spiro atoms. The molecule has 128 valence electrons. The van der Waals surface area contributed by atoms with Crippen LogP contribution in [0.15, 0.2) is 53.5 Å². The highest BCUT2D eigenvalue weighted by atomic mass is 16.5. The van der Waals surface area contributed by atoms with E-state index in [1.807, 2.05) is 24.3 Å². The van der Waals surface area contributed by atoms with Crippen molar-refractivity contribution in [3.63, 3.8) is 0 Å². The quantitative estimate of drug-likeness (QED) is 0.250. The fourth-order valence-electron chi connectivity index (χ4n) is 1.86. The Hall–Kier alpha value is -3.09. The van der Waals surface area contributed by atoms with Gasteiger partial charge in [-0.05, 0) is 48.5 Å². The molecule has 0 aromatic heterocycles. The second kappa shape index (κ2) is 9.14. The number of rotatable bonds is 8. The molecule has 0 fully saturated rings. The zero-order chi connectivity index (χ0) is 17.2. The lowest BCUT2D eigenvalue weighted by Gasteiger charge is -2.08. The molecule has 2 aromatic rings. The Balaban J connectivity index is 1.58. The topological polar surface area (TPSA) is 121 Å². The number of hydrogen-bond acceptors (Lipinski definition) is 5. The zero-order valence-electron chi connectivity index (χ0n) is 13.4. The standard InChI is InChI=1S/C17H23N5O2/c18-13-1-5-15(6-2-13)23-11-9-21-17(20)22-10-12-24-16-7-3-14(19)4-8-16/h1-8H,9-12,18-19H2,(H3,20,21,22). The third-order valence-corrected chi connectivity index (χ3v) is 3.08. The number of aliphatic imine (C=N–C) groups is 1. The summed E-state index contributed by atoms with van der Waals surface area (Å²) in [6.07, 6.45) is 0. The Morgan fingerprint density at radius 3 is 1.88 bits per heavy atom. The molecule has 0 atom stereocenters. The Morgan fingerprint density at radius 1 is 0.833 bits per heavy atom. The minimum absolute atomic E-state index is 0.358. The Labute approximate surface area is 141 Å². The third kappa shape index (κ3) is 6.35. The number of nitrogens with two attached hydrogens (primary N) is 3. The van der Waals surface area contributed by atoms with Gasteiger partial charge in [0, 0.05) is 11.4 Å². The molecular formula is C17H23N5O2. The molecule has 2 aromatic carbocycles. The molecule has 7 nitrogen and oxygen atoms in total. The van der Waals surface area contributed by atoms with Gasteiger partial charge in [0.1, 0.15) is 24.7 Å². The Kier molecular flexibility index (Phi) is 6.58. The maximum absolute atomic E-state index is 5.77. The van der Waals surface area contributed by atoms with Gasteiger partial charge in [0.15, 0.2) is 5.96 Å². The predicted molar refractivity (Wildman–Crippen MR) is 97.2 cm³/mol. The molecule has 0 saturated heterocycles. The highest BCUT2D eigenvalue weighted by Gasteiger charge is 1.96. The molecule has 0 radical (unpaired) electrons. The summed E-state index contributed by atoms with van der Waals surface area (Å²) < 4.78 is 11.1. The van der Waals surface area contributed by atoms with E-state index in [2.05, 4.69) is 10.3 Å². The van der Waals surface area contributed by atoms with Crippen LogP contribution in [0.25, 0.3) is 0 Å². The average Bonchev–Trinajstić information content (AvgIpc) is 2.59. The van der Waals surface area contributed by atoms with Crippen molar-refractivity contribution in [3.05, 3.63) is 48.5 Å². The van der Waals surface area contributed by atoms with Gasteiger partial charge in [0.25, 0.3) is 0 Å². The van der Waals surface area contributed by atoms with Crippen LogP contribution in [-0.4, -0.2) is 32.3 Å². The number of ether oxygens (including phenoxy) is 2. The van der Waals surface area contributed by atoms with Gasteiger partial charge in [-0.3, -0.25) is 0 Å².